The highest BCUT2D eigenvalue weighted by Crippen LogP contribution is 2.44. The molecule has 134 valence electrons. The number of rotatable bonds is 5. The average molecular weight is 350 g/mol. The standard InChI is InChI=1S/C20H17FN2O.C2H6/c21-16-5-6-19-18(10-16)20(14-3-4-14)15(12-23-19)9-17(24)8-13-2-1-7-22-11-13;1-2/h1-2,5-7,10-12,14H,3-4,8-9H2;1-2H3. The van der Waals surface area contributed by atoms with Gasteiger partial charge in [-0.3, -0.25) is 14.8 Å². The van der Waals surface area contributed by atoms with E-state index in [4.69, 9.17) is 0 Å². The molecule has 1 saturated carbocycles. The highest BCUT2D eigenvalue weighted by atomic mass is 19.1. The molecule has 0 amide bonds. The molecule has 0 spiro atoms. The first-order valence-electron chi connectivity index (χ1n) is 9.18. The largest absolute Gasteiger partial charge is 0.299 e. The van der Waals surface area contributed by atoms with E-state index in [1.54, 1.807) is 30.7 Å². The molecular weight excluding hydrogens is 327 g/mol. The Bertz CT molecular complexity index is 905. The molecule has 2 heterocycles. The van der Waals surface area contributed by atoms with E-state index in [2.05, 4.69) is 9.97 Å². The lowest BCUT2D eigenvalue weighted by Crippen LogP contribution is -2.09. The molecule has 0 atom stereocenters. The Labute approximate surface area is 153 Å². The van der Waals surface area contributed by atoms with Crippen LogP contribution < -0.4 is 0 Å². The van der Waals surface area contributed by atoms with E-state index in [1.165, 1.54) is 6.07 Å². The molecule has 0 bridgehead atoms. The van der Waals surface area contributed by atoms with Crippen molar-refractivity contribution in [2.45, 2.75) is 45.4 Å². The predicted molar refractivity (Wildman–Crippen MR) is 102 cm³/mol. The van der Waals surface area contributed by atoms with Crippen LogP contribution in [0.5, 0.6) is 0 Å². The number of halogens is 1. The molecular formula is C22H23FN2O. The van der Waals surface area contributed by atoms with Crippen LogP contribution in [-0.4, -0.2) is 15.8 Å². The summed E-state index contributed by atoms with van der Waals surface area (Å²) in [7, 11) is 0. The summed E-state index contributed by atoms with van der Waals surface area (Å²) in [6, 6.07) is 8.42. The van der Waals surface area contributed by atoms with Crippen molar-refractivity contribution in [2.24, 2.45) is 0 Å². The Morgan fingerprint density at radius 1 is 1.15 bits per heavy atom. The number of carbonyl (C=O) groups is 1. The fraction of sp³-hybridized carbons (Fsp3) is 0.318. The number of nitrogens with zero attached hydrogens (tertiary/aromatic N) is 2. The van der Waals surface area contributed by atoms with E-state index in [0.29, 0.717) is 18.8 Å². The molecule has 0 unspecified atom stereocenters. The third-order valence-corrected chi connectivity index (χ3v) is 4.45. The summed E-state index contributed by atoms with van der Waals surface area (Å²) < 4.78 is 13.7. The number of Topliss-reactive ketones (excluding diaryl/α,β-unsaturated/α-hetero) is 1. The lowest BCUT2D eigenvalue weighted by atomic mass is 9.95. The summed E-state index contributed by atoms with van der Waals surface area (Å²) in [5.41, 5.74) is 3.75. The second-order valence-electron chi connectivity index (χ2n) is 6.39. The summed E-state index contributed by atoms with van der Waals surface area (Å²) in [5.74, 6) is 0.297. The van der Waals surface area contributed by atoms with Crippen molar-refractivity contribution in [2.75, 3.05) is 0 Å². The van der Waals surface area contributed by atoms with Gasteiger partial charge in [0, 0.05) is 36.8 Å². The summed E-state index contributed by atoms with van der Waals surface area (Å²) in [4.78, 5) is 20.9. The smallest absolute Gasteiger partial charge is 0.141 e. The van der Waals surface area contributed by atoms with Crippen molar-refractivity contribution in [3.8, 4) is 0 Å². The van der Waals surface area contributed by atoms with Crippen LogP contribution in [-0.2, 0) is 17.6 Å². The first-order valence-corrected chi connectivity index (χ1v) is 9.18. The number of fused-ring (bicyclic) bond motifs is 1. The van der Waals surface area contributed by atoms with E-state index in [9.17, 15) is 9.18 Å². The maximum absolute atomic E-state index is 13.7. The lowest BCUT2D eigenvalue weighted by Gasteiger charge is -2.12. The minimum Gasteiger partial charge on any atom is -0.299 e. The summed E-state index contributed by atoms with van der Waals surface area (Å²) in [6.45, 7) is 4.00. The van der Waals surface area contributed by atoms with Crippen LogP contribution in [0.1, 0.15) is 49.3 Å². The van der Waals surface area contributed by atoms with Gasteiger partial charge in [0.2, 0.25) is 0 Å². The minimum atomic E-state index is -0.259. The summed E-state index contributed by atoms with van der Waals surface area (Å²) in [6.07, 6.45) is 8.09. The van der Waals surface area contributed by atoms with Gasteiger partial charge in [-0.1, -0.05) is 19.9 Å². The van der Waals surface area contributed by atoms with Crippen LogP contribution in [0, 0.1) is 5.82 Å². The topological polar surface area (TPSA) is 42.9 Å². The molecule has 26 heavy (non-hydrogen) atoms. The zero-order chi connectivity index (χ0) is 18.5. The van der Waals surface area contributed by atoms with E-state index < -0.39 is 0 Å². The number of ketones is 1. The van der Waals surface area contributed by atoms with Gasteiger partial charge in [-0.05, 0) is 59.7 Å². The van der Waals surface area contributed by atoms with Crippen molar-refractivity contribution < 1.29 is 9.18 Å². The Kier molecular flexibility index (Phi) is 5.71. The Morgan fingerprint density at radius 2 is 1.96 bits per heavy atom. The van der Waals surface area contributed by atoms with E-state index in [-0.39, 0.29) is 11.6 Å². The first-order chi connectivity index (χ1) is 12.7. The van der Waals surface area contributed by atoms with Gasteiger partial charge in [-0.25, -0.2) is 4.39 Å². The Hall–Kier alpha value is -2.62. The van der Waals surface area contributed by atoms with Gasteiger partial charge in [-0.15, -0.1) is 0 Å². The van der Waals surface area contributed by atoms with Gasteiger partial charge in [-0.2, -0.15) is 0 Å². The molecule has 1 fully saturated rings. The molecule has 3 nitrogen and oxygen atoms in total. The highest BCUT2D eigenvalue weighted by molar-refractivity contribution is 5.88. The van der Waals surface area contributed by atoms with Crippen LogP contribution in [0.2, 0.25) is 0 Å². The third kappa shape index (κ3) is 4.13. The van der Waals surface area contributed by atoms with Gasteiger partial charge in [0.15, 0.2) is 0 Å². The van der Waals surface area contributed by atoms with Crippen molar-refractivity contribution in [1.82, 2.24) is 9.97 Å². The van der Waals surface area contributed by atoms with Crippen molar-refractivity contribution in [1.29, 1.82) is 0 Å². The number of aromatic nitrogens is 2. The number of benzene rings is 1. The molecule has 1 aromatic carbocycles. The first kappa shape index (κ1) is 18.2. The van der Waals surface area contributed by atoms with Crippen molar-refractivity contribution >= 4 is 16.7 Å². The summed E-state index contributed by atoms with van der Waals surface area (Å²) in [5, 5.41) is 0.851. The molecule has 4 rings (SSSR count). The molecule has 0 aliphatic heterocycles. The number of hydrogen-bond donors (Lipinski definition) is 0. The van der Waals surface area contributed by atoms with Crippen LogP contribution in [0.3, 0.4) is 0 Å². The quantitative estimate of drug-likeness (QED) is 0.648. The van der Waals surface area contributed by atoms with Crippen molar-refractivity contribution in [3.63, 3.8) is 0 Å². The third-order valence-electron chi connectivity index (χ3n) is 4.45. The average Bonchev–Trinajstić information content (AvgIpc) is 3.49. The van der Waals surface area contributed by atoms with Crippen LogP contribution >= 0.6 is 0 Å². The van der Waals surface area contributed by atoms with Crippen LogP contribution in [0.4, 0.5) is 4.39 Å². The molecule has 3 aromatic rings. The lowest BCUT2D eigenvalue weighted by molar-refractivity contribution is -0.117. The normalized spacial score (nSPS) is 13.2. The van der Waals surface area contributed by atoms with Crippen LogP contribution in [0.15, 0.2) is 48.9 Å². The van der Waals surface area contributed by atoms with Gasteiger partial charge in [0.1, 0.15) is 11.6 Å². The minimum absolute atomic E-state index is 0.127. The van der Waals surface area contributed by atoms with Gasteiger partial charge >= 0.3 is 0 Å². The predicted octanol–water partition coefficient (Wildman–Crippen LogP) is 5.03. The molecule has 1 aliphatic carbocycles. The zero-order valence-corrected chi connectivity index (χ0v) is 15.2. The number of pyridine rings is 2. The molecule has 0 radical (unpaired) electrons. The second kappa shape index (κ2) is 8.17. The highest BCUT2D eigenvalue weighted by Gasteiger charge is 2.29. The summed E-state index contributed by atoms with van der Waals surface area (Å²) >= 11 is 0. The second-order valence-corrected chi connectivity index (χ2v) is 6.39. The molecule has 2 aromatic heterocycles. The molecule has 1 aliphatic rings. The Balaban J connectivity index is 0.000000948. The van der Waals surface area contributed by atoms with E-state index in [0.717, 1.165) is 40.4 Å². The van der Waals surface area contributed by atoms with Gasteiger partial charge < -0.3 is 0 Å². The fourth-order valence-electron chi connectivity index (χ4n) is 3.23. The van der Waals surface area contributed by atoms with Gasteiger partial charge in [0.25, 0.3) is 0 Å². The monoisotopic (exact) mass is 350 g/mol. The number of carbonyl (C=O) groups excluding carboxylic acids is 1. The number of hydrogen-bond acceptors (Lipinski definition) is 3. The molecule has 0 saturated heterocycles. The maximum atomic E-state index is 13.7. The SMILES string of the molecule is CC.O=C(Cc1cccnc1)Cc1cnc2ccc(F)cc2c1C1CC1. The zero-order valence-electron chi connectivity index (χ0n) is 15.2. The Morgan fingerprint density at radius 3 is 2.65 bits per heavy atom. The fourth-order valence-corrected chi connectivity index (χ4v) is 3.23. The van der Waals surface area contributed by atoms with E-state index >= 15 is 0 Å². The van der Waals surface area contributed by atoms with Crippen LogP contribution in [0.25, 0.3) is 10.9 Å². The molecule has 4 heteroatoms. The molecule has 0 N–H and O–H groups in total. The van der Waals surface area contributed by atoms with Crippen molar-refractivity contribution in [3.05, 3.63) is 71.4 Å². The van der Waals surface area contributed by atoms with Gasteiger partial charge in [0.05, 0.1) is 5.52 Å². The maximum Gasteiger partial charge on any atom is 0.141 e. The van der Waals surface area contributed by atoms with E-state index in [1.807, 2.05) is 26.0 Å².